The lowest BCUT2D eigenvalue weighted by atomic mass is 10.2. The third-order valence-electron chi connectivity index (χ3n) is 2.43. The Labute approximate surface area is 115 Å². The van der Waals surface area contributed by atoms with Crippen LogP contribution in [0.4, 0.5) is 0 Å². The third-order valence-corrected chi connectivity index (χ3v) is 4.52. The normalized spacial score (nSPS) is 11.1. The van der Waals surface area contributed by atoms with Gasteiger partial charge in [-0.3, -0.25) is 0 Å². The van der Waals surface area contributed by atoms with Crippen LogP contribution in [0.25, 0.3) is 0 Å². The minimum Gasteiger partial charge on any atom is -0.250 e. The molecule has 2 rings (SSSR count). The van der Waals surface area contributed by atoms with Gasteiger partial charge in [-0.1, -0.05) is 6.07 Å². The topological polar surface area (TPSA) is 82.8 Å². The Hall–Kier alpha value is -1.75. The second-order valence-corrected chi connectivity index (χ2v) is 6.25. The number of nitrogens with one attached hydrogen (secondary N) is 1. The van der Waals surface area contributed by atoms with Crippen molar-refractivity contribution in [1.82, 2.24) is 9.71 Å². The molecule has 1 N–H and O–H groups in total. The molecule has 0 saturated carbocycles. The number of sulfonamides is 1. The summed E-state index contributed by atoms with van der Waals surface area (Å²) in [4.78, 5) is 4.18. The van der Waals surface area contributed by atoms with Crippen LogP contribution in [0.3, 0.4) is 0 Å². The minimum absolute atomic E-state index is 0.102. The second-order valence-electron chi connectivity index (χ2n) is 3.77. The summed E-state index contributed by atoms with van der Waals surface area (Å²) in [6, 6.07) is 7.85. The maximum Gasteiger partial charge on any atom is 0.240 e. The van der Waals surface area contributed by atoms with Crippen LogP contribution >= 0.6 is 11.3 Å². The molecule has 98 valence electrons. The fraction of sp³-hybridized carbons (Fsp3) is 0.167. The van der Waals surface area contributed by atoms with Gasteiger partial charge in [-0.2, -0.15) is 5.26 Å². The highest BCUT2D eigenvalue weighted by molar-refractivity contribution is 7.89. The largest absolute Gasteiger partial charge is 0.250 e. The minimum atomic E-state index is -3.57. The molecule has 0 aliphatic rings. The van der Waals surface area contributed by atoms with Gasteiger partial charge in [-0.05, 0) is 18.2 Å². The van der Waals surface area contributed by atoms with Crippen molar-refractivity contribution in [1.29, 1.82) is 5.26 Å². The van der Waals surface area contributed by atoms with E-state index in [0.29, 0.717) is 12.0 Å². The number of hydrogen-bond donors (Lipinski definition) is 1. The summed E-state index contributed by atoms with van der Waals surface area (Å²) < 4.78 is 26.5. The Morgan fingerprint density at radius 1 is 1.42 bits per heavy atom. The van der Waals surface area contributed by atoms with Crippen LogP contribution in [-0.4, -0.2) is 19.9 Å². The molecule has 1 heterocycles. The lowest BCUT2D eigenvalue weighted by Crippen LogP contribution is -2.26. The molecule has 5 nitrogen and oxygen atoms in total. The van der Waals surface area contributed by atoms with Crippen molar-refractivity contribution in [3.8, 4) is 6.07 Å². The summed E-state index contributed by atoms with van der Waals surface area (Å²) in [6.45, 7) is 0.281. The Balaban J connectivity index is 2.03. The van der Waals surface area contributed by atoms with Gasteiger partial charge in [0.05, 0.1) is 27.7 Å². The zero-order valence-corrected chi connectivity index (χ0v) is 11.5. The number of benzene rings is 1. The summed E-state index contributed by atoms with van der Waals surface area (Å²) in [5.41, 5.74) is 2.89. The van der Waals surface area contributed by atoms with Gasteiger partial charge < -0.3 is 0 Å². The summed E-state index contributed by atoms with van der Waals surface area (Å²) >= 11 is 1.47. The zero-order chi connectivity index (χ0) is 13.7. The number of thiazole rings is 1. The van der Waals surface area contributed by atoms with Gasteiger partial charge in [0, 0.05) is 18.3 Å². The number of nitrogens with zero attached hydrogens (tertiary/aromatic N) is 2. The fourth-order valence-corrected chi connectivity index (χ4v) is 3.16. The van der Waals surface area contributed by atoms with E-state index < -0.39 is 10.0 Å². The standard InChI is InChI=1S/C12H11N3O2S2/c13-7-10-2-1-3-12(6-10)19(16,17)15-5-4-11-8-18-9-14-11/h1-3,6,8-9,15H,4-5H2. The highest BCUT2D eigenvalue weighted by Crippen LogP contribution is 2.10. The fourth-order valence-electron chi connectivity index (χ4n) is 1.49. The Morgan fingerprint density at radius 3 is 2.95 bits per heavy atom. The second kappa shape index (κ2) is 5.93. The molecule has 0 spiro atoms. The van der Waals surface area contributed by atoms with E-state index in [1.165, 1.54) is 23.5 Å². The van der Waals surface area contributed by atoms with Gasteiger partial charge in [0.1, 0.15) is 0 Å². The summed E-state index contributed by atoms with van der Waals surface area (Å²) in [7, 11) is -3.57. The van der Waals surface area contributed by atoms with Crippen LogP contribution < -0.4 is 4.72 Å². The highest BCUT2D eigenvalue weighted by Gasteiger charge is 2.13. The van der Waals surface area contributed by atoms with E-state index in [4.69, 9.17) is 5.26 Å². The molecule has 0 unspecified atom stereocenters. The first-order chi connectivity index (χ1) is 9.12. The van der Waals surface area contributed by atoms with Crippen molar-refractivity contribution < 1.29 is 8.42 Å². The molecular weight excluding hydrogens is 282 g/mol. The summed E-state index contributed by atoms with van der Waals surface area (Å²) in [6.07, 6.45) is 0.542. The molecule has 2 aromatic rings. The molecule has 7 heteroatoms. The van der Waals surface area contributed by atoms with Crippen LogP contribution in [-0.2, 0) is 16.4 Å². The maximum absolute atomic E-state index is 12.0. The van der Waals surface area contributed by atoms with E-state index in [0.717, 1.165) is 5.69 Å². The van der Waals surface area contributed by atoms with Crippen LogP contribution in [0.1, 0.15) is 11.3 Å². The van der Waals surface area contributed by atoms with E-state index in [2.05, 4.69) is 9.71 Å². The van der Waals surface area contributed by atoms with Gasteiger partial charge in [0.25, 0.3) is 0 Å². The average Bonchev–Trinajstić information content (AvgIpc) is 2.92. The van der Waals surface area contributed by atoms with Crippen molar-refractivity contribution in [2.24, 2.45) is 0 Å². The zero-order valence-electron chi connectivity index (χ0n) is 9.91. The van der Waals surface area contributed by atoms with Crippen LogP contribution in [0.2, 0.25) is 0 Å². The van der Waals surface area contributed by atoms with Gasteiger partial charge in [0.2, 0.25) is 10.0 Å². The molecule has 19 heavy (non-hydrogen) atoms. The molecule has 0 radical (unpaired) electrons. The maximum atomic E-state index is 12.0. The average molecular weight is 293 g/mol. The highest BCUT2D eigenvalue weighted by atomic mass is 32.2. The first-order valence-corrected chi connectivity index (χ1v) is 7.91. The van der Waals surface area contributed by atoms with Crippen molar-refractivity contribution in [2.45, 2.75) is 11.3 Å². The molecule has 0 aliphatic heterocycles. The smallest absolute Gasteiger partial charge is 0.240 e. The molecular formula is C12H11N3O2S2. The van der Waals surface area contributed by atoms with Crippen LogP contribution in [0.5, 0.6) is 0 Å². The first-order valence-electron chi connectivity index (χ1n) is 5.49. The monoisotopic (exact) mass is 293 g/mol. The number of nitriles is 1. The quantitative estimate of drug-likeness (QED) is 0.906. The van der Waals surface area contributed by atoms with Gasteiger partial charge in [-0.15, -0.1) is 11.3 Å². The summed E-state index contributed by atoms with van der Waals surface area (Å²) in [5.74, 6) is 0. The number of aromatic nitrogens is 1. The lowest BCUT2D eigenvalue weighted by Gasteiger charge is -2.06. The third kappa shape index (κ3) is 3.61. The first kappa shape index (κ1) is 13.7. The molecule has 0 saturated heterocycles. The Bertz CT molecular complexity index is 688. The van der Waals surface area contributed by atoms with E-state index in [1.807, 2.05) is 11.4 Å². The van der Waals surface area contributed by atoms with Crippen molar-refractivity contribution in [3.63, 3.8) is 0 Å². The van der Waals surface area contributed by atoms with Gasteiger partial charge in [-0.25, -0.2) is 18.1 Å². The Kier molecular flexibility index (Phi) is 4.27. The molecule has 0 fully saturated rings. The van der Waals surface area contributed by atoms with E-state index >= 15 is 0 Å². The predicted molar refractivity (Wildman–Crippen MR) is 72.2 cm³/mol. The van der Waals surface area contributed by atoms with Gasteiger partial charge in [0.15, 0.2) is 0 Å². The lowest BCUT2D eigenvalue weighted by molar-refractivity contribution is 0.581. The molecule has 0 atom stereocenters. The van der Waals surface area contributed by atoms with Gasteiger partial charge >= 0.3 is 0 Å². The van der Waals surface area contributed by atoms with E-state index in [-0.39, 0.29) is 11.4 Å². The van der Waals surface area contributed by atoms with Crippen molar-refractivity contribution in [3.05, 3.63) is 46.4 Å². The van der Waals surface area contributed by atoms with E-state index in [9.17, 15) is 8.42 Å². The van der Waals surface area contributed by atoms with Crippen molar-refractivity contribution in [2.75, 3.05) is 6.54 Å². The molecule has 0 amide bonds. The molecule has 1 aromatic carbocycles. The van der Waals surface area contributed by atoms with Crippen LogP contribution in [0.15, 0.2) is 40.1 Å². The van der Waals surface area contributed by atoms with Crippen molar-refractivity contribution >= 4 is 21.4 Å². The molecule has 0 bridgehead atoms. The predicted octanol–water partition coefficient (Wildman–Crippen LogP) is 1.54. The molecule has 0 aliphatic carbocycles. The van der Waals surface area contributed by atoms with Crippen LogP contribution in [0, 0.1) is 11.3 Å². The van der Waals surface area contributed by atoms with E-state index in [1.54, 1.807) is 17.6 Å². The number of rotatable bonds is 5. The number of hydrogen-bond acceptors (Lipinski definition) is 5. The Morgan fingerprint density at radius 2 is 2.26 bits per heavy atom. The SMILES string of the molecule is N#Cc1cccc(S(=O)(=O)NCCc2cscn2)c1. The summed E-state index contributed by atoms with van der Waals surface area (Å²) in [5, 5.41) is 10.6. The molecule has 1 aromatic heterocycles.